The summed E-state index contributed by atoms with van der Waals surface area (Å²) in [5, 5.41) is 0. The van der Waals surface area contributed by atoms with E-state index in [2.05, 4.69) is 4.99 Å². The lowest BCUT2D eigenvalue weighted by Gasteiger charge is -2.27. The SMILES string of the molecule is I.NC(=NCCS(=O)(=O)c1ccc(F)cc1)N1CCOCC1. The number of guanidine groups is 1. The van der Waals surface area contributed by atoms with Crippen LogP contribution in [0, 0.1) is 5.82 Å². The highest BCUT2D eigenvalue weighted by atomic mass is 127. The summed E-state index contributed by atoms with van der Waals surface area (Å²) in [6.45, 7) is 2.55. The van der Waals surface area contributed by atoms with Gasteiger partial charge in [-0.25, -0.2) is 12.8 Å². The molecule has 0 unspecified atom stereocenters. The van der Waals surface area contributed by atoms with Crippen molar-refractivity contribution >= 4 is 39.8 Å². The number of ether oxygens (including phenoxy) is 1. The first kappa shape index (κ1) is 19.1. The smallest absolute Gasteiger partial charge is 0.191 e. The quantitative estimate of drug-likeness (QED) is 0.323. The van der Waals surface area contributed by atoms with Gasteiger partial charge in [-0.15, -0.1) is 24.0 Å². The molecule has 0 aliphatic carbocycles. The summed E-state index contributed by atoms with van der Waals surface area (Å²) in [4.78, 5) is 6.03. The molecule has 0 spiro atoms. The van der Waals surface area contributed by atoms with Crippen molar-refractivity contribution in [2.45, 2.75) is 4.90 Å². The van der Waals surface area contributed by atoms with Crippen LogP contribution in [0.2, 0.25) is 0 Å². The Labute approximate surface area is 146 Å². The lowest BCUT2D eigenvalue weighted by molar-refractivity contribution is 0.0674. The van der Waals surface area contributed by atoms with Crippen LogP contribution >= 0.6 is 24.0 Å². The molecule has 0 radical (unpaired) electrons. The minimum absolute atomic E-state index is 0. The van der Waals surface area contributed by atoms with Crippen LogP contribution in [0.4, 0.5) is 4.39 Å². The molecule has 1 saturated heterocycles. The maximum absolute atomic E-state index is 12.8. The fourth-order valence-electron chi connectivity index (χ4n) is 1.93. The topological polar surface area (TPSA) is 85.0 Å². The Morgan fingerprint density at radius 3 is 2.45 bits per heavy atom. The first-order chi connectivity index (χ1) is 9.99. The highest BCUT2D eigenvalue weighted by Gasteiger charge is 2.15. The largest absolute Gasteiger partial charge is 0.378 e. The normalized spacial score (nSPS) is 16.2. The molecule has 1 aliphatic heterocycles. The first-order valence-electron chi connectivity index (χ1n) is 6.60. The van der Waals surface area contributed by atoms with Gasteiger partial charge in [-0.3, -0.25) is 4.99 Å². The Morgan fingerprint density at radius 1 is 1.27 bits per heavy atom. The molecule has 0 atom stereocenters. The van der Waals surface area contributed by atoms with Crippen LogP contribution < -0.4 is 5.73 Å². The van der Waals surface area contributed by atoms with Crippen LogP contribution in [0.15, 0.2) is 34.2 Å². The molecule has 1 aromatic rings. The molecule has 0 bridgehead atoms. The lowest BCUT2D eigenvalue weighted by Crippen LogP contribution is -2.45. The Kier molecular flexibility index (Phi) is 7.49. The number of morpholine rings is 1. The maximum atomic E-state index is 12.8. The van der Waals surface area contributed by atoms with E-state index in [1.165, 1.54) is 12.1 Å². The fourth-order valence-corrected chi connectivity index (χ4v) is 3.05. The number of rotatable bonds is 4. The number of hydrogen-bond acceptors (Lipinski definition) is 4. The summed E-state index contributed by atoms with van der Waals surface area (Å²) in [6, 6.07) is 4.75. The summed E-state index contributed by atoms with van der Waals surface area (Å²) in [5.74, 6) is -0.305. The first-order valence-corrected chi connectivity index (χ1v) is 8.25. The summed E-state index contributed by atoms with van der Waals surface area (Å²) >= 11 is 0. The highest BCUT2D eigenvalue weighted by molar-refractivity contribution is 14.0. The van der Waals surface area contributed by atoms with Gasteiger partial charge in [-0.05, 0) is 24.3 Å². The molecular weight excluding hydrogens is 424 g/mol. The molecule has 2 rings (SSSR count). The van der Waals surface area contributed by atoms with Gasteiger partial charge in [0.1, 0.15) is 5.82 Å². The third-order valence-corrected chi connectivity index (χ3v) is 4.85. The predicted molar refractivity (Wildman–Crippen MR) is 92.7 cm³/mol. The van der Waals surface area contributed by atoms with Crippen LogP contribution in [0.25, 0.3) is 0 Å². The zero-order valence-electron chi connectivity index (χ0n) is 11.9. The van der Waals surface area contributed by atoms with Gasteiger partial charge >= 0.3 is 0 Å². The molecule has 1 aromatic carbocycles. The third-order valence-electron chi connectivity index (χ3n) is 3.14. The number of nitrogens with zero attached hydrogens (tertiary/aromatic N) is 2. The second-order valence-electron chi connectivity index (χ2n) is 4.61. The van der Waals surface area contributed by atoms with Crippen LogP contribution in [-0.2, 0) is 14.6 Å². The molecule has 0 amide bonds. The molecule has 22 heavy (non-hydrogen) atoms. The van der Waals surface area contributed by atoms with Gasteiger partial charge in [-0.1, -0.05) is 0 Å². The van der Waals surface area contributed by atoms with Gasteiger partial charge in [0, 0.05) is 13.1 Å². The van der Waals surface area contributed by atoms with E-state index in [1.807, 2.05) is 4.90 Å². The van der Waals surface area contributed by atoms with Crippen LogP contribution in [0.1, 0.15) is 0 Å². The maximum Gasteiger partial charge on any atom is 0.191 e. The summed E-state index contributed by atoms with van der Waals surface area (Å²) in [5.41, 5.74) is 5.81. The van der Waals surface area contributed by atoms with E-state index in [4.69, 9.17) is 10.5 Å². The Morgan fingerprint density at radius 2 is 1.86 bits per heavy atom. The number of nitrogens with two attached hydrogens (primary N) is 1. The van der Waals surface area contributed by atoms with E-state index in [0.717, 1.165) is 12.1 Å². The number of sulfone groups is 1. The van der Waals surface area contributed by atoms with Crippen LogP contribution in [0.3, 0.4) is 0 Å². The van der Waals surface area contributed by atoms with Gasteiger partial charge < -0.3 is 15.4 Å². The average molecular weight is 443 g/mol. The van der Waals surface area contributed by atoms with Crippen molar-refractivity contribution in [3.63, 3.8) is 0 Å². The van der Waals surface area contributed by atoms with Crippen LogP contribution in [-0.4, -0.2) is 57.9 Å². The number of benzene rings is 1. The molecule has 1 aliphatic rings. The molecule has 1 fully saturated rings. The molecule has 0 aromatic heterocycles. The Bertz CT molecular complexity index is 601. The number of hydrogen-bond donors (Lipinski definition) is 1. The van der Waals surface area contributed by atoms with Crippen molar-refractivity contribution in [2.75, 3.05) is 38.6 Å². The lowest BCUT2D eigenvalue weighted by atomic mass is 10.4. The summed E-state index contributed by atoms with van der Waals surface area (Å²) in [6.07, 6.45) is 0. The highest BCUT2D eigenvalue weighted by Crippen LogP contribution is 2.11. The Hall–Kier alpha value is -0.940. The van der Waals surface area contributed by atoms with Crippen molar-refractivity contribution in [1.29, 1.82) is 0 Å². The molecular formula is C13H19FIN3O3S. The number of aliphatic imine (C=N–C) groups is 1. The second-order valence-corrected chi connectivity index (χ2v) is 6.72. The van der Waals surface area contributed by atoms with Crippen molar-refractivity contribution in [2.24, 2.45) is 10.7 Å². The van der Waals surface area contributed by atoms with Crippen molar-refractivity contribution in [3.05, 3.63) is 30.1 Å². The van der Waals surface area contributed by atoms with E-state index in [0.29, 0.717) is 32.3 Å². The van der Waals surface area contributed by atoms with Crippen molar-refractivity contribution in [1.82, 2.24) is 4.90 Å². The van der Waals surface area contributed by atoms with Gasteiger partial charge in [0.05, 0.1) is 30.4 Å². The van der Waals surface area contributed by atoms with Gasteiger partial charge in [0.2, 0.25) is 0 Å². The van der Waals surface area contributed by atoms with Gasteiger partial charge in [0.15, 0.2) is 15.8 Å². The molecule has 0 saturated carbocycles. The molecule has 124 valence electrons. The van der Waals surface area contributed by atoms with E-state index < -0.39 is 15.7 Å². The van der Waals surface area contributed by atoms with Gasteiger partial charge in [-0.2, -0.15) is 0 Å². The third kappa shape index (κ3) is 5.36. The minimum Gasteiger partial charge on any atom is -0.378 e. The van der Waals surface area contributed by atoms with E-state index in [9.17, 15) is 12.8 Å². The van der Waals surface area contributed by atoms with Crippen LogP contribution in [0.5, 0.6) is 0 Å². The fraction of sp³-hybridized carbons (Fsp3) is 0.462. The molecule has 9 heteroatoms. The monoisotopic (exact) mass is 443 g/mol. The van der Waals surface area contributed by atoms with Crippen molar-refractivity contribution < 1.29 is 17.5 Å². The predicted octanol–water partition coefficient (Wildman–Crippen LogP) is 0.864. The average Bonchev–Trinajstić information content (AvgIpc) is 2.48. The van der Waals surface area contributed by atoms with E-state index in [-0.39, 0.29) is 41.2 Å². The second kappa shape index (κ2) is 8.63. The zero-order chi connectivity index (χ0) is 15.3. The molecule has 2 N–H and O–H groups in total. The zero-order valence-corrected chi connectivity index (χ0v) is 15.1. The molecule has 1 heterocycles. The van der Waals surface area contributed by atoms with E-state index >= 15 is 0 Å². The van der Waals surface area contributed by atoms with Crippen molar-refractivity contribution in [3.8, 4) is 0 Å². The summed E-state index contributed by atoms with van der Waals surface area (Å²) < 4.78 is 42.1. The van der Waals surface area contributed by atoms with Gasteiger partial charge in [0.25, 0.3) is 0 Å². The molecule has 6 nitrogen and oxygen atoms in total. The Balaban J connectivity index is 0.00000242. The van der Waals surface area contributed by atoms with E-state index in [1.54, 1.807) is 0 Å². The summed E-state index contributed by atoms with van der Waals surface area (Å²) in [7, 11) is -3.48. The number of halogens is 2. The minimum atomic E-state index is -3.48. The standard InChI is InChI=1S/C13H18FN3O3S.HI/c14-11-1-3-12(4-2-11)21(18,19)10-5-16-13(15)17-6-8-20-9-7-17;/h1-4H,5-10H2,(H2,15,16);1H.